The monoisotopic (exact) mass is 435 g/mol. The van der Waals surface area contributed by atoms with Gasteiger partial charge in [-0.15, -0.1) is 11.3 Å². The molecule has 0 bridgehead atoms. The van der Waals surface area contributed by atoms with Gasteiger partial charge in [-0.25, -0.2) is 0 Å². The van der Waals surface area contributed by atoms with Crippen LogP contribution in [0, 0.1) is 0 Å². The molecule has 2 aromatic carbocycles. The van der Waals surface area contributed by atoms with Crippen molar-refractivity contribution in [1.29, 1.82) is 0 Å². The van der Waals surface area contributed by atoms with Crippen LogP contribution < -0.4 is 15.4 Å². The molecule has 0 radical (unpaired) electrons. The van der Waals surface area contributed by atoms with E-state index in [0.717, 1.165) is 13.0 Å². The highest BCUT2D eigenvalue weighted by atomic mass is 32.1. The number of benzene rings is 2. The van der Waals surface area contributed by atoms with Crippen molar-refractivity contribution in [2.75, 3.05) is 30.8 Å². The van der Waals surface area contributed by atoms with Crippen LogP contribution >= 0.6 is 11.3 Å². The Bertz CT molecular complexity index is 1080. The number of rotatable bonds is 6. The molecule has 0 aliphatic carbocycles. The van der Waals surface area contributed by atoms with E-state index in [0.29, 0.717) is 17.1 Å². The number of thiophene rings is 1. The molecule has 2 heterocycles. The van der Waals surface area contributed by atoms with Gasteiger partial charge in [0.25, 0.3) is 0 Å². The van der Waals surface area contributed by atoms with Crippen molar-refractivity contribution in [3.8, 4) is 5.75 Å². The lowest BCUT2D eigenvalue weighted by Gasteiger charge is -2.35. The van der Waals surface area contributed by atoms with Crippen LogP contribution in [0.5, 0.6) is 5.75 Å². The second-order valence-electron chi connectivity index (χ2n) is 7.48. The van der Waals surface area contributed by atoms with Crippen molar-refractivity contribution in [2.24, 2.45) is 0 Å². The summed E-state index contributed by atoms with van der Waals surface area (Å²) in [6.45, 7) is 2.51. The molecule has 1 unspecified atom stereocenters. The summed E-state index contributed by atoms with van der Waals surface area (Å²) < 4.78 is 5.38. The van der Waals surface area contributed by atoms with Crippen LogP contribution in [-0.2, 0) is 16.0 Å². The third-order valence-electron chi connectivity index (χ3n) is 5.32. The molecule has 0 saturated carbocycles. The van der Waals surface area contributed by atoms with Gasteiger partial charge in [0.2, 0.25) is 11.8 Å². The summed E-state index contributed by atoms with van der Waals surface area (Å²) >= 11 is 1.78. The van der Waals surface area contributed by atoms with Crippen LogP contribution in [0.2, 0.25) is 0 Å². The third-order valence-corrected chi connectivity index (χ3v) is 6.32. The van der Waals surface area contributed by atoms with Crippen LogP contribution in [0.4, 0.5) is 11.4 Å². The molecule has 0 saturated heterocycles. The van der Waals surface area contributed by atoms with E-state index in [-0.39, 0.29) is 24.4 Å². The number of carbonyl (C=O) groups excluding carboxylic acids is 2. The van der Waals surface area contributed by atoms with Crippen LogP contribution in [0.15, 0.2) is 60.0 Å². The van der Waals surface area contributed by atoms with Crippen LogP contribution in [0.3, 0.4) is 0 Å². The predicted molar refractivity (Wildman–Crippen MR) is 124 cm³/mol. The Balaban J connectivity index is 1.55. The van der Waals surface area contributed by atoms with Gasteiger partial charge in [0.15, 0.2) is 0 Å². The summed E-state index contributed by atoms with van der Waals surface area (Å²) in [5, 5.41) is 7.82. The molecule has 2 amide bonds. The Morgan fingerprint density at radius 2 is 1.94 bits per heavy atom. The van der Waals surface area contributed by atoms with Crippen molar-refractivity contribution < 1.29 is 14.3 Å². The van der Waals surface area contributed by atoms with E-state index >= 15 is 0 Å². The Kier molecular flexibility index (Phi) is 6.34. The first kappa shape index (κ1) is 21.1. The number of hydrogen-bond donors (Lipinski definition) is 2. The highest BCUT2D eigenvalue weighted by molar-refractivity contribution is 7.10. The van der Waals surface area contributed by atoms with E-state index in [1.165, 1.54) is 22.9 Å². The fraction of sp³-hybridized carbons (Fsp3) is 0.250. The molecule has 1 aromatic heterocycles. The number of nitrogens with zero attached hydrogens (tertiary/aromatic N) is 1. The molecule has 31 heavy (non-hydrogen) atoms. The Morgan fingerprint density at radius 3 is 2.68 bits per heavy atom. The summed E-state index contributed by atoms with van der Waals surface area (Å²) in [6, 6.07) is 17.7. The quantitative estimate of drug-likeness (QED) is 0.606. The second-order valence-corrected chi connectivity index (χ2v) is 8.48. The Labute approximate surface area is 185 Å². The van der Waals surface area contributed by atoms with Gasteiger partial charge in [-0.1, -0.05) is 30.3 Å². The third kappa shape index (κ3) is 4.78. The molecular formula is C24H25N3O3S. The summed E-state index contributed by atoms with van der Waals surface area (Å²) in [4.78, 5) is 28.0. The standard InChI is InChI=1S/C24H25N3O3S/c1-16(28)25-18-8-9-21(30-2)20(14-18)26-23(29)15-27-12-10-22-19(11-13-31-22)24(27)17-6-4-3-5-7-17/h3-9,11,13-14,24H,10,12,15H2,1-2H3,(H,25,28)(H,26,29). The van der Waals surface area contributed by atoms with E-state index in [9.17, 15) is 9.59 Å². The first-order valence-electron chi connectivity index (χ1n) is 10.2. The minimum atomic E-state index is -0.173. The maximum atomic E-state index is 13.0. The Hall–Kier alpha value is -3.16. The highest BCUT2D eigenvalue weighted by Crippen LogP contribution is 2.37. The molecule has 7 heteroatoms. The first-order chi connectivity index (χ1) is 15.0. The van der Waals surface area contributed by atoms with Gasteiger partial charge in [0.05, 0.1) is 25.4 Å². The molecule has 1 aliphatic heterocycles. The van der Waals surface area contributed by atoms with E-state index < -0.39 is 0 Å². The largest absolute Gasteiger partial charge is 0.495 e. The molecule has 2 N–H and O–H groups in total. The molecular weight excluding hydrogens is 410 g/mol. The van der Waals surface area contributed by atoms with Gasteiger partial charge in [0.1, 0.15) is 5.75 Å². The number of carbonyl (C=O) groups is 2. The van der Waals surface area contributed by atoms with Crippen molar-refractivity contribution in [2.45, 2.75) is 19.4 Å². The fourth-order valence-electron chi connectivity index (χ4n) is 4.03. The van der Waals surface area contributed by atoms with E-state index in [2.05, 4.69) is 39.1 Å². The van der Waals surface area contributed by atoms with Crippen LogP contribution in [-0.4, -0.2) is 36.9 Å². The van der Waals surface area contributed by atoms with Crippen molar-refractivity contribution in [3.05, 3.63) is 76.0 Å². The topological polar surface area (TPSA) is 70.7 Å². The lowest BCUT2D eigenvalue weighted by atomic mass is 9.93. The molecule has 0 spiro atoms. The summed E-state index contributed by atoms with van der Waals surface area (Å²) in [5.41, 5.74) is 3.59. The summed E-state index contributed by atoms with van der Waals surface area (Å²) in [5.74, 6) is 0.242. The van der Waals surface area contributed by atoms with E-state index in [4.69, 9.17) is 4.74 Å². The number of methoxy groups -OCH3 is 1. The Morgan fingerprint density at radius 1 is 1.13 bits per heavy atom. The smallest absolute Gasteiger partial charge is 0.238 e. The molecule has 6 nitrogen and oxygen atoms in total. The average molecular weight is 436 g/mol. The van der Waals surface area contributed by atoms with Gasteiger partial charge < -0.3 is 15.4 Å². The molecule has 1 aliphatic rings. The zero-order valence-corrected chi connectivity index (χ0v) is 18.4. The fourth-order valence-corrected chi connectivity index (χ4v) is 4.93. The summed E-state index contributed by atoms with van der Waals surface area (Å²) in [7, 11) is 1.55. The van der Waals surface area contributed by atoms with Gasteiger partial charge in [0, 0.05) is 24.0 Å². The second kappa shape index (κ2) is 9.32. The zero-order chi connectivity index (χ0) is 21.8. The lowest BCUT2D eigenvalue weighted by molar-refractivity contribution is -0.118. The molecule has 1 atom stereocenters. The maximum Gasteiger partial charge on any atom is 0.238 e. The van der Waals surface area contributed by atoms with E-state index in [1.54, 1.807) is 36.6 Å². The number of amides is 2. The first-order valence-corrected chi connectivity index (χ1v) is 11.0. The van der Waals surface area contributed by atoms with Crippen LogP contribution in [0.1, 0.15) is 29.0 Å². The number of nitrogens with one attached hydrogen (secondary N) is 2. The van der Waals surface area contributed by atoms with Crippen molar-refractivity contribution in [1.82, 2.24) is 4.90 Å². The SMILES string of the molecule is COc1ccc(NC(C)=O)cc1NC(=O)CN1CCc2sccc2C1c1ccccc1. The predicted octanol–water partition coefficient (Wildman–Crippen LogP) is 4.30. The van der Waals surface area contributed by atoms with E-state index in [1.807, 2.05) is 18.2 Å². The number of hydrogen-bond acceptors (Lipinski definition) is 5. The molecule has 3 aromatic rings. The average Bonchev–Trinajstić information content (AvgIpc) is 3.23. The van der Waals surface area contributed by atoms with Crippen molar-refractivity contribution >= 4 is 34.5 Å². The molecule has 160 valence electrons. The summed E-state index contributed by atoms with van der Waals surface area (Å²) in [6.07, 6.45) is 0.935. The van der Waals surface area contributed by atoms with Gasteiger partial charge in [-0.2, -0.15) is 0 Å². The number of ether oxygens (including phenoxy) is 1. The minimum absolute atomic E-state index is 0.0505. The van der Waals surface area contributed by atoms with Crippen molar-refractivity contribution in [3.63, 3.8) is 0 Å². The lowest BCUT2D eigenvalue weighted by Crippen LogP contribution is -2.40. The maximum absolute atomic E-state index is 13.0. The molecule has 4 rings (SSSR count). The zero-order valence-electron chi connectivity index (χ0n) is 17.6. The normalized spacial score (nSPS) is 15.7. The van der Waals surface area contributed by atoms with Gasteiger partial charge in [-0.05, 0) is 47.2 Å². The minimum Gasteiger partial charge on any atom is -0.495 e. The van der Waals surface area contributed by atoms with Crippen LogP contribution in [0.25, 0.3) is 0 Å². The molecule has 0 fully saturated rings. The van der Waals surface area contributed by atoms with Gasteiger partial charge in [-0.3, -0.25) is 14.5 Å². The number of fused-ring (bicyclic) bond motifs is 1. The van der Waals surface area contributed by atoms with Gasteiger partial charge >= 0.3 is 0 Å². The number of anilines is 2. The highest BCUT2D eigenvalue weighted by Gasteiger charge is 2.30.